The minimum Gasteiger partial charge on any atom is -0.449 e. The van der Waals surface area contributed by atoms with E-state index < -0.39 is 18.0 Å². The molecule has 5 heteroatoms. The number of carbonyl (C=O) groups is 2. The van der Waals surface area contributed by atoms with Crippen molar-refractivity contribution in [2.75, 3.05) is 5.32 Å². The zero-order valence-corrected chi connectivity index (χ0v) is 14.4. The fourth-order valence-corrected chi connectivity index (χ4v) is 2.16. The highest BCUT2D eigenvalue weighted by Gasteiger charge is 2.19. The molecule has 2 aromatic rings. The molecule has 0 aliphatic carbocycles. The van der Waals surface area contributed by atoms with Gasteiger partial charge in [0.25, 0.3) is 5.91 Å². The number of amides is 1. The number of nitrogens with one attached hydrogen (secondary N) is 1. The second-order valence-electron chi connectivity index (χ2n) is 6.00. The lowest BCUT2D eigenvalue weighted by atomic mass is 10.0. The second kappa shape index (κ2) is 8.11. The monoisotopic (exact) mass is 336 g/mol. The van der Waals surface area contributed by atoms with Crippen molar-refractivity contribution in [3.05, 3.63) is 65.2 Å². The van der Waals surface area contributed by atoms with Crippen molar-refractivity contribution in [3.8, 4) is 6.07 Å². The van der Waals surface area contributed by atoms with Crippen LogP contribution in [0.25, 0.3) is 0 Å². The molecular weight excluding hydrogens is 316 g/mol. The normalized spacial score (nSPS) is 11.5. The van der Waals surface area contributed by atoms with Crippen molar-refractivity contribution in [2.45, 2.75) is 32.8 Å². The molecule has 1 atom stereocenters. The molecular formula is C20H20N2O3. The van der Waals surface area contributed by atoms with Crippen LogP contribution in [0.1, 0.15) is 48.2 Å². The van der Waals surface area contributed by atoms with E-state index in [9.17, 15) is 9.59 Å². The van der Waals surface area contributed by atoms with E-state index in [1.54, 1.807) is 36.4 Å². The number of carbonyl (C=O) groups excluding carboxylic acids is 2. The lowest BCUT2D eigenvalue weighted by Gasteiger charge is -2.14. The van der Waals surface area contributed by atoms with Crippen molar-refractivity contribution in [1.29, 1.82) is 5.26 Å². The number of ether oxygens (including phenoxy) is 1. The Labute approximate surface area is 147 Å². The van der Waals surface area contributed by atoms with E-state index in [-0.39, 0.29) is 0 Å². The standard InChI is InChI=1S/C20H20N2O3/c1-13(2)16-6-8-17(9-7-16)20(24)25-14(3)19(23)22-18-10-4-15(12-21)5-11-18/h4-11,13-14H,1-3H3,(H,22,23)/t14-/m1/s1. The molecule has 2 aromatic carbocycles. The topological polar surface area (TPSA) is 79.2 Å². The Morgan fingerprint density at radius 1 is 1.00 bits per heavy atom. The van der Waals surface area contributed by atoms with Crippen LogP contribution in [-0.2, 0) is 9.53 Å². The van der Waals surface area contributed by atoms with Gasteiger partial charge in [0.15, 0.2) is 6.10 Å². The molecule has 0 radical (unpaired) electrons. The summed E-state index contributed by atoms with van der Waals surface area (Å²) in [5.41, 5.74) is 2.57. The van der Waals surface area contributed by atoms with Crippen molar-refractivity contribution >= 4 is 17.6 Å². The van der Waals surface area contributed by atoms with Crippen molar-refractivity contribution in [1.82, 2.24) is 0 Å². The maximum Gasteiger partial charge on any atom is 0.338 e. The molecule has 0 fully saturated rings. The summed E-state index contributed by atoms with van der Waals surface area (Å²) in [5, 5.41) is 11.4. The molecule has 0 saturated heterocycles. The summed E-state index contributed by atoms with van der Waals surface area (Å²) in [6.45, 7) is 5.66. The quantitative estimate of drug-likeness (QED) is 0.841. The predicted molar refractivity (Wildman–Crippen MR) is 95.2 cm³/mol. The molecule has 25 heavy (non-hydrogen) atoms. The summed E-state index contributed by atoms with van der Waals surface area (Å²) in [7, 11) is 0. The second-order valence-corrected chi connectivity index (χ2v) is 6.00. The maximum atomic E-state index is 12.1. The van der Waals surface area contributed by atoms with Crippen LogP contribution in [0.4, 0.5) is 5.69 Å². The SMILES string of the molecule is CC(C)c1ccc(C(=O)O[C@H](C)C(=O)Nc2ccc(C#N)cc2)cc1. The van der Waals surface area contributed by atoms with Gasteiger partial charge < -0.3 is 10.1 Å². The molecule has 0 unspecified atom stereocenters. The van der Waals surface area contributed by atoms with E-state index in [1.807, 2.05) is 18.2 Å². The van der Waals surface area contributed by atoms with Crippen LogP contribution < -0.4 is 5.32 Å². The summed E-state index contributed by atoms with van der Waals surface area (Å²) < 4.78 is 5.21. The summed E-state index contributed by atoms with van der Waals surface area (Å²) in [4.78, 5) is 24.3. The van der Waals surface area contributed by atoms with E-state index in [1.165, 1.54) is 6.92 Å². The van der Waals surface area contributed by atoms with Crippen LogP contribution in [0, 0.1) is 11.3 Å². The first-order valence-corrected chi connectivity index (χ1v) is 8.02. The number of hydrogen-bond acceptors (Lipinski definition) is 4. The maximum absolute atomic E-state index is 12.1. The van der Waals surface area contributed by atoms with Crippen molar-refractivity contribution in [2.24, 2.45) is 0 Å². The molecule has 0 spiro atoms. The first kappa shape index (κ1) is 18.2. The van der Waals surface area contributed by atoms with Gasteiger partial charge in [-0.1, -0.05) is 26.0 Å². The van der Waals surface area contributed by atoms with Crippen LogP contribution in [0.3, 0.4) is 0 Å². The summed E-state index contributed by atoms with van der Waals surface area (Å²) in [6, 6.07) is 15.6. The Balaban J connectivity index is 1.95. The molecule has 0 aliphatic rings. The lowest BCUT2D eigenvalue weighted by Crippen LogP contribution is -2.30. The van der Waals surface area contributed by atoms with Crippen LogP contribution in [0.15, 0.2) is 48.5 Å². The molecule has 128 valence electrons. The van der Waals surface area contributed by atoms with Gasteiger partial charge in [0.05, 0.1) is 17.2 Å². The van der Waals surface area contributed by atoms with Gasteiger partial charge in [-0.2, -0.15) is 5.26 Å². The highest BCUT2D eigenvalue weighted by Crippen LogP contribution is 2.16. The molecule has 2 rings (SSSR count). The number of nitrogens with zero attached hydrogens (tertiary/aromatic N) is 1. The predicted octanol–water partition coefficient (Wildman–Crippen LogP) is 3.87. The Kier molecular flexibility index (Phi) is 5.91. The Morgan fingerprint density at radius 3 is 2.12 bits per heavy atom. The van der Waals surface area contributed by atoms with Crippen LogP contribution in [0.5, 0.6) is 0 Å². The number of benzene rings is 2. The first-order chi connectivity index (χ1) is 11.9. The number of hydrogen-bond donors (Lipinski definition) is 1. The van der Waals surface area contributed by atoms with Crippen molar-refractivity contribution < 1.29 is 14.3 Å². The van der Waals surface area contributed by atoms with Gasteiger partial charge in [-0.15, -0.1) is 0 Å². The lowest BCUT2D eigenvalue weighted by molar-refractivity contribution is -0.123. The van der Waals surface area contributed by atoms with Gasteiger partial charge in [-0.3, -0.25) is 4.79 Å². The average Bonchev–Trinajstić information content (AvgIpc) is 2.62. The number of esters is 1. The third-order valence-corrected chi connectivity index (χ3v) is 3.75. The third-order valence-electron chi connectivity index (χ3n) is 3.75. The van der Waals surface area contributed by atoms with Gasteiger partial charge in [-0.05, 0) is 54.8 Å². The molecule has 0 saturated carbocycles. The van der Waals surface area contributed by atoms with Crippen LogP contribution in [-0.4, -0.2) is 18.0 Å². The molecule has 1 N–H and O–H groups in total. The first-order valence-electron chi connectivity index (χ1n) is 8.02. The molecule has 1 amide bonds. The smallest absolute Gasteiger partial charge is 0.338 e. The zero-order valence-electron chi connectivity index (χ0n) is 14.4. The van der Waals surface area contributed by atoms with Gasteiger partial charge in [0, 0.05) is 5.69 Å². The van der Waals surface area contributed by atoms with Gasteiger partial charge in [0.1, 0.15) is 0 Å². The number of anilines is 1. The highest BCUT2D eigenvalue weighted by atomic mass is 16.5. The summed E-state index contributed by atoms with van der Waals surface area (Å²) >= 11 is 0. The molecule has 0 bridgehead atoms. The fraction of sp³-hybridized carbons (Fsp3) is 0.250. The van der Waals surface area contributed by atoms with Crippen LogP contribution in [0.2, 0.25) is 0 Å². The zero-order chi connectivity index (χ0) is 18.4. The van der Waals surface area contributed by atoms with Crippen molar-refractivity contribution in [3.63, 3.8) is 0 Å². The number of nitriles is 1. The molecule has 0 heterocycles. The minimum absolute atomic E-state index is 0.377. The third kappa shape index (κ3) is 4.92. The summed E-state index contributed by atoms with van der Waals surface area (Å²) in [5.74, 6) is -0.600. The minimum atomic E-state index is -0.937. The van der Waals surface area contributed by atoms with Gasteiger partial charge in [0.2, 0.25) is 0 Å². The largest absolute Gasteiger partial charge is 0.449 e. The summed E-state index contributed by atoms with van der Waals surface area (Å²) in [6.07, 6.45) is -0.937. The Morgan fingerprint density at radius 2 is 1.60 bits per heavy atom. The van der Waals surface area contributed by atoms with Crippen LogP contribution >= 0.6 is 0 Å². The Hall–Kier alpha value is -3.13. The van der Waals surface area contributed by atoms with E-state index in [0.717, 1.165) is 5.56 Å². The van der Waals surface area contributed by atoms with E-state index in [2.05, 4.69) is 19.2 Å². The van der Waals surface area contributed by atoms with Gasteiger partial charge in [-0.25, -0.2) is 4.79 Å². The van der Waals surface area contributed by atoms with E-state index in [0.29, 0.717) is 22.7 Å². The average molecular weight is 336 g/mol. The fourth-order valence-electron chi connectivity index (χ4n) is 2.16. The number of rotatable bonds is 5. The van der Waals surface area contributed by atoms with E-state index >= 15 is 0 Å². The molecule has 0 aliphatic heterocycles. The molecule has 5 nitrogen and oxygen atoms in total. The van der Waals surface area contributed by atoms with Gasteiger partial charge >= 0.3 is 5.97 Å². The van der Waals surface area contributed by atoms with E-state index in [4.69, 9.17) is 10.00 Å². The Bertz CT molecular complexity index is 787. The highest BCUT2D eigenvalue weighted by molar-refractivity contribution is 5.97. The molecule has 0 aromatic heterocycles.